The Morgan fingerprint density at radius 2 is 1.62 bits per heavy atom. The maximum Gasteiger partial charge on any atom is 0.417 e. The molecule has 2 aromatic rings. The fourth-order valence-electron chi connectivity index (χ4n) is 1.52. The molecule has 0 spiro atoms. The van der Waals surface area contributed by atoms with Crippen LogP contribution in [0, 0.1) is 0 Å². The Morgan fingerprint density at radius 1 is 0.952 bits per heavy atom. The number of aliphatic carboxylic acids is 1. The SMILES string of the molecule is O=C(O)COc1ccc(NC(=O)Oc2ccccc2)cc1. The molecule has 0 aliphatic heterocycles. The second kappa shape index (κ2) is 6.95. The van der Waals surface area contributed by atoms with Crippen molar-refractivity contribution < 1.29 is 24.2 Å². The van der Waals surface area contributed by atoms with E-state index in [1.165, 1.54) is 0 Å². The van der Waals surface area contributed by atoms with Crippen molar-refractivity contribution in [1.82, 2.24) is 0 Å². The minimum atomic E-state index is -1.05. The Morgan fingerprint density at radius 3 is 2.24 bits per heavy atom. The molecule has 0 unspecified atom stereocenters. The molecule has 6 nitrogen and oxygen atoms in total. The van der Waals surface area contributed by atoms with Gasteiger partial charge in [-0.15, -0.1) is 0 Å². The second-order valence-corrected chi connectivity index (χ2v) is 4.03. The first-order valence-corrected chi connectivity index (χ1v) is 6.12. The number of hydrogen-bond acceptors (Lipinski definition) is 4. The molecule has 0 aromatic heterocycles. The summed E-state index contributed by atoms with van der Waals surface area (Å²) in [5.74, 6) is -0.209. The number of carbonyl (C=O) groups excluding carboxylic acids is 1. The van der Waals surface area contributed by atoms with Gasteiger partial charge >= 0.3 is 12.1 Å². The molecule has 108 valence electrons. The lowest BCUT2D eigenvalue weighted by Gasteiger charge is -2.07. The number of ether oxygens (including phenoxy) is 2. The maximum atomic E-state index is 11.6. The van der Waals surface area contributed by atoms with Crippen LogP contribution in [0.2, 0.25) is 0 Å². The number of carboxylic acids is 1. The number of rotatable bonds is 5. The van der Waals surface area contributed by atoms with Gasteiger partial charge in [0.1, 0.15) is 11.5 Å². The highest BCUT2D eigenvalue weighted by molar-refractivity contribution is 5.86. The standard InChI is InChI=1S/C15H13NO5/c17-14(18)10-20-12-8-6-11(7-9-12)16-15(19)21-13-4-2-1-3-5-13/h1-9H,10H2,(H,16,19)(H,17,18). The summed E-state index contributed by atoms with van der Waals surface area (Å²) in [6.45, 7) is -0.414. The zero-order valence-corrected chi connectivity index (χ0v) is 11.0. The summed E-state index contributed by atoms with van der Waals surface area (Å²) in [5, 5.41) is 11.0. The molecule has 0 saturated carbocycles. The van der Waals surface area contributed by atoms with E-state index in [0.29, 0.717) is 17.2 Å². The van der Waals surface area contributed by atoms with Gasteiger partial charge in [0.15, 0.2) is 6.61 Å². The third kappa shape index (κ3) is 4.87. The summed E-state index contributed by atoms with van der Waals surface area (Å²) in [4.78, 5) is 22.0. The van der Waals surface area contributed by atoms with Gasteiger partial charge in [-0.25, -0.2) is 9.59 Å². The predicted molar refractivity (Wildman–Crippen MR) is 75.7 cm³/mol. The molecule has 0 fully saturated rings. The molecule has 0 heterocycles. The Balaban J connectivity index is 1.88. The molecule has 0 aliphatic rings. The van der Waals surface area contributed by atoms with Crippen molar-refractivity contribution in [2.45, 2.75) is 0 Å². The summed E-state index contributed by atoms with van der Waals surface area (Å²) in [5.41, 5.74) is 0.513. The predicted octanol–water partition coefficient (Wildman–Crippen LogP) is 2.76. The van der Waals surface area contributed by atoms with Crippen molar-refractivity contribution in [3.05, 3.63) is 54.6 Å². The molecule has 2 aromatic carbocycles. The molecule has 2 N–H and O–H groups in total. The minimum Gasteiger partial charge on any atom is -0.482 e. The minimum absolute atomic E-state index is 0.402. The van der Waals surface area contributed by atoms with E-state index >= 15 is 0 Å². The van der Waals surface area contributed by atoms with Crippen LogP contribution >= 0.6 is 0 Å². The lowest BCUT2D eigenvalue weighted by atomic mass is 10.3. The van der Waals surface area contributed by atoms with Gasteiger partial charge in [-0.05, 0) is 36.4 Å². The van der Waals surface area contributed by atoms with Crippen LogP contribution < -0.4 is 14.8 Å². The summed E-state index contributed by atoms with van der Waals surface area (Å²) < 4.78 is 10.0. The third-order valence-corrected chi connectivity index (χ3v) is 2.42. The van der Waals surface area contributed by atoms with Gasteiger partial charge in [0.05, 0.1) is 0 Å². The van der Waals surface area contributed by atoms with Crippen molar-refractivity contribution in [2.75, 3.05) is 11.9 Å². The summed E-state index contributed by atoms with van der Waals surface area (Å²) in [7, 11) is 0. The summed E-state index contributed by atoms with van der Waals surface area (Å²) in [6, 6.07) is 15.0. The van der Waals surface area contributed by atoms with Crippen molar-refractivity contribution in [3.8, 4) is 11.5 Å². The van der Waals surface area contributed by atoms with Gasteiger partial charge in [0, 0.05) is 5.69 Å². The van der Waals surface area contributed by atoms with Crippen LogP contribution in [0.15, 0.2) is 54.6 Å². The van der Waals surface area contributed by atoms with Crippen LogP contribution in [0.3, 0.4) is 0 Å². The molecular weight excluding hydrogens is 274 g/mol. The lowest BCUT2D eigenvalue weighted by Crippen LogP contribution is -2.16. The fraction of sp³-hybridized carbons (Fsp3) is 0.0667. The average molecular weight is 287 g/mol. The summed E-state index contributed by atoms with van der Waals surface area (Å²) >= 11 is 0. The van der Waals surface area contributed by atoms with Crippen LogP contribution in [0.25, 0.3) is 0 Å². The molecule has 0 bridgehead atoms. The van der Waals surface area contributed by atoms with Crippen LogP contribution in [-0.2, 0) is 4.79 Å². The van der Waals surface area contributed by atoms with Gasteiger partial charge in [0.2, 0.25) is 0 Å². The quantitative estimate of drug-likeness (QED) is 0.883. The van der Waals surface area contributed by atoms with Crippen molar-refractivity contribution in [2.24, 2.45) is 0 Å². The lowest BCUT2D eigenvalue weighted by molar-refractivity contribution is -0.139. The summed E-state index contributed by atoms with van der Waals surface area (Å²) in [6.07, 6.45) is -0.611. The highest BCUT2D eigenvalue weighted by atomic mass is 16.6. The topological polar surface area (TPSA) is 84.9 Å². The van der Waals surface area contributed by atoms with Gasteiger partial charge in [-0.1, -0.05) is 18.2 Å². The van der Waals surface area contributed by atoms with E-state index in [9.17, 15) is 9.59 Å². The number of benzene rings is 2. The Bertz CT molecular complexity index is 610. The number of anilines is 1. The van der Waals surface area contributed by atoms with E-state index in [1.807, 2.05) is 6.07 Å². The third-order valence-electron chi connectivity index (χ3n) is 2.42. The first kappa shape index (κ1) is 14.4. The van der Waals surface area contributed by atoms with E-state index in [2.05, 4.69) is 5.32 Å². The molecule has 0 atom stereocenters. The van der Waals surface area contributed by atoms with Crippen LogP contribution in [0.4, 0.5) is 10.5 Å². The molecule has 0 saturated heterocycles. The van der Waals surface area contributed by atoms with Gasteiger partial charge in [-0.2, -0.15) is 0 Å². The van der Waals surface area contributed by atoms with Crippen molar-refractivity contribution in [3.63, 3.8) is 0 Å². The normalized spacial score (nSPS) is 9.71. The molecule has 1 amide bonds. The number of nitrogens with one attached hydrogen (secondary N) is 1. The number of carbonyl (C=O) groups is 2. The van der Waals surface area contributed by atoms with E-state index in [1.54, 1.807) is 48.5 Å². The average Bonchev–Trinajstić information content (AvgIpc) is 2.47. The second-order valence-electron chi connectivity index (χ2n) is 4.03. The van der Waals surface area contributed by atoms with Crippen molar-refractivity contribution >= 4 is 17.7 Å². The number of para-hydroxylation sites is 1. The first-order valence-electron chi connectivity index (χ1n) is 6.12. The highest BCUT2D eigenvalue weighted by Gasteiger charge is 2.05. The molecule has 0 aliphatic carbocycles. The van der Waals surface area contributed by atoms with Crippen molar-refractivity contribution in [1.29, 1.82) is 0 Å². The molecule has 0 radical (unpaired) electrons. The van der Waals surface area contributed by atoms with Crippen LogP contribution in [0.5, 0.6) is 11.5 Å². The molecule has 2 rings (SSSR count). The Labute approximate surface area is 120 Å². The Hall–Kier alpha value is -3.02. The maximum absolute atomic E-state index is 11.6. The molecular formula is C15H13NO5. The zero-order valence-electron chi connectivity index (χ0n) is 11.0. The smallest absolute Gasteiger partial charge is 0.417 e. The largest absolute Gasteiger partial charge is 0.482 e. The first-order chi connectivity index (χ1) is 10.1. The molecule has 21 heavy (non-hydrogen) atoms. The van der Waals surface area contributed by atoms with Gasteiger partial charge in [-0.3, -0.25) is 5.32 Å². The van der Waals surface area contributed by atoms with E-state index in [0.717, 1.165) is 0 Å². The van der Waals surface area contributed by atoms with E-state index in [4.69, 9.17) is 14.6 Å². The number of amides is 1. The number of carboxylic acid groups (broad SMARTS) is 1. The van der Waals surface area contributed by atoms with Crippen LogP contribution in [-0.4, -0.2) is 23.8 Å². The highest BCUT2D eigenvalue weighted by Crippen LogP contribution is 2.16. The monoisotopic (exact) mass is 287 g/mol. The fourth-order valence-corrected chi connectivity index (χ4v) is 1.52. The Kier molecular flexibility index (Phi) is 4.76. The van der Waals surface area contributed by atoms with Gasteiger partial charge < -0.3 is 14.6 Å². The van der Waals surface area contributed by atoms with Crippen LogP contribution in [0.1, 0.15) is 0 Å². The van der Waals surface area contributed by atoms with Gasteiger partial charge in [0.25, 0.3) is 0 Å². The number of hydrogen-bond donors (Lipinski definition) is 2. The molecule has 6 heteroatoms. The van der Waals surface area contributed by atoms with E-state index in [-0.39, 0.29) is 0 Å². The zero-order chi connectivity index (χ0) is 15.1. The van der Waals surface area contributed by atoms with E-state index < -0.39 is 18.7 Å².